The normalized spacial score (nSPS) is 28.0. The SMILES string of the molecule is COc1cc(C=O)cc(I)c1O[C@H]1C=C(C(=O)NCCO)C[C@@H](N(C[C@H]2CCCO2)C(=O)CO[C@H]2C[C@@H](C)CC[C@@H]2C(C)C)[C@@H]1O. The molecule has 0 unspecified atom stereocenters. The van der Waals surface area contributed by atoms with Gasteiger partial charge in [0.05, 0.1) is 35.5 Å². The van der Waals surface area contributed by atoms with Gasteiger partial charge in [0.25, 0.3) is 0 Å². The Morgan fingerprint density at radius 3 is 2.67 bits per heavy atom. The van der Waals surface area contributed by atoms with E-state index in [0.29, 0.717) is 56.9 Å². The number of amides is 2. The van der Waals surface area contributed by atoms with E-state index in [0.717, 1.165) is 32.1 Å². The van der Waals surface area contributed by atoms with Crippen molar-refractivity contribution in [2.75, 3.05) is 40.0 Å². The summed E-state index contributed by atoms with van der Waals surface area (Å²) < 4.78 is 24.7. The maximum absolute atomic E-state index is 14.1. The minimum absolute atomic E-state index is 0.0340. The summed E-state index contributed by atoms with van der Waals surface area (Å²) in [5, 5.41) is 23.9. The average Bonchev–Trinajstić information content (AvgIpc) is 3.56. The number of benzene rings is 1. The third-order valence-corrected chi connectivity index (χ3v) is 10.2. The van der Waals surface area contributed by atoms with Crippen LogP contribution in [0.2, 0.25) is 0 Å². The number of carbonyl (C=O) groups is 3. The fourth-order valence-corrected chi connectivity index (χ4v) is 7.59. The molecule has 1 saturated carbocycles. The fraction of sp³-hybridized carbons (Fsp3) is 0.676. The zero-order valence-corrected chi connectivity index (χ0v) is 29.4. The Morgan fingerprint density at radius 1 is 1.24 bits per heavy atom. The molecule has 11 nitrogen and oxygen atoms in total. The number of nitrogens with zero attached hydrogens (tertiary/aromatic N) is 1. The summed E-state index contributed by atoms with van der Waals surface area (Å²) in [4.78, 5) is 40.4. The van der Waals surface area contributed by atoms with Crippen LogP contribution in [0.5, 0.6) is 11.5 Å². The highest BCUT2D eigenvalue weighted by molar-refractivity contribution is 14.1. The van der Waals surface area contributed by atoms with Crippen LogP contribution in [0.25, 0.3) is 0 Å². The van der Waals surface area contributed by atoms with E-state index >= 15 is 0 Å². The first-order valence-corrected chi connectivity index (χ1v) is 17.4. The first kappa shape index (κ1) is 36.6. The van der Waals surface area contributed by atoms with Gasteiger partial charge < -0.3 is 39.4 Å². The number of methoxy groups -OCH3 is 1. The molecule has 256 valence electrons. The lowest BCUT2D eigenvalue weighted by Gasteiger charge is -2.42. The highest BCUT2D eigenvalue weighted by Crippen LogP contribution is 2.38. The maximum atomic E-state index is 14.1. The van der Waals surface area contributed by atoms with Gasteiger partial charge in [0.2, 0.25) is 11.8 Å². The zero-order chi connectivity index (χ0) is 33.4. The van der Waals surface area contributed by atoms with Crippen molar-refractivity contribution in [3.8, 4) is 11.5 Å². The standard InChI is InChI=1S/C34H49IN2O9/c1-20(2)25-8-7-21(3)12-28(25)45-19-31(40)37(17-24-6-5-11-44-24)27-15-23(34(42)36-9-10-38)16-29(32(27)41)46-33-26(35)13-22(18-39)14-30(33)43-4/h13-14,16,18,20-21,24-25,27-29,32,38,41H,5-12,15,17,19H2,1-4H3,(H,36,42)/t21-,24+,25+,27+,28-,29-,32-/m0/s1. The molecule has 2 fully saturated rings. The molecule has 1 aromatic rings. The van der Waals surface area contributed by atoms with Crippen molar-refractivity contribution in [3.63, 3.8) is 0 Å². The van der Waals surface area contributed by atoms with E-state index < -0.39 is 24.2 Å². The zero-order valence-electron chi connectivity index (χ0n) is 27.3. The highest BCUT2D eigenvalue weighted by Gasteiger charge is 2.42. The molecule has 1 saturated heterocycles. The van der Waals surface area contributed by atoms with Gasteiger partial charge >= 0.3 is 0 Å². The van der Waals surface area contributed by atoms with Crippen LogP contribution in [-0.4, -0.2) is 104 Å². The Balaban J connectivity index is 1.64. The quantitative estimate of drug-likeness (QED) is 0.192. The molecule has 46 heavy (non-hydrogen) atoms. The lowest BCUT2D eigenvalue weighted by molar-refractivity contribution is -0.150. The van der Waals surface area contributed by atoms with E-state index in [1.807, 2.05) is 22.6 Å². The van der Waals surface area contributed by atoms with Crippen LogP contribution in [0, 0.1) is 21.3 Å². The van der Waals surface area contributed by atoms with E-state index in [1.165, 1.54) is 13.2 Å². The third-order valence-electron chi connectivity index (χ3n) is 9.38. The summed E-state index contributed by atoms with van der Waals surface area (Å²) >= 11 is 2.03. The molecule has 0 spiro atoms. The van der Waals surface area contributed by atoms with Crippen molar-refractivity contribution in [3.05, 3.63) is 32.9 Å². The van der Waals surface area contributed by atoms with E-state index in [-0.39, 0.29) is 50.8 Å². The molecule has 1 heterocycles. The summed E-state index contributed by atoms with van der Waals surface area (Å²) in [7, 11) is 1.45. The van der Waals surface area contributed by atoms with Crippen LogP contribution in [0.3, 0.4) is 0 Å². The number of halogens is 1. The lowest BCUT2D eigenvalue weighted by Crippen LogP contribution is -2.57. The van der Waals surface area contributed by atoms with Crippen molar-refractivity contribution in [2.24, 2.45) is 17.8 Å². The molecule has 4 rings (SSSR count). The van der Waals surface area contributed by atoms with Crippen LogP contribution in [-0.2, 0) is 19.1 Å². The van der Waals surface area contributed by atoms with Gasteiger partial charge in [-0.15, -0.1) is 0 Å². The van der Waals surface area contributed by atoms with Gasteiger partial charge in [-0.05, 0) is 84.2 Å². The number of nitrogens with one attached hydrogen (secondary N) is 1. The predicted octanol–water partition coefficient (Wildman–Crippen LogP) is 3.51. The van der Waals surface area contributed by atoms with Gasteiger partial charge in [-0.3, -0.25) is 14.4 Å². The number of hydrogen-bond acceptors (Lipinski definition) is 9. The summed E-state index contributed by atoms with van der Waals surface area (Å²) in [6, 6.07) is 2.35. The molecular formula is C34H49IN2O9. The second kappa shape index (κ2) is 17.2. The van der Waals surface area contributed by atoms with Crippen molar-refractivity contribution in [2.45, 2.75) is 89.8 Å². The summed E-state index contributed by atoms with van der Waals surface area (Å²) in [6.45, 7) is 7.12. The molecule has 3 aliphatic rings. The number of hydrogen-bond donors (Lipinski definition) is 3. The fourth-order valence-electron chi connectivity index (χ4n) is 6.84. The van der Waals surface area contributed by atoms with E-state index in [1.54, 1.807) is 17.0 Å². The number of carbonyl (C=O) groups excluding carboxylic acids is 3. The van der Waals surface area contributed by atoms with Gasteiger partial charge in [0, 0.05) is 37.3 Å². The number of aldehydes is 1. The number of ether oxygens (including phenoxy) is 4. The Morgan fingerprint density at radius 2 is 2.02 bits per heavy atom. The first-order valence-electron chi connectivity index (χ1n) is 16.4. The predicted molar refractivity (Wildman–Crippen MR) is 180 cm³/mol. The molecule has 3 N–H and O–H groups in total. The minimum Gasteiger partial charge on any atom is -0.493 e. The highest BCUT2D eigenvalue weighted by atomic mass is 127. The van der Waals surface area contributed by atoms with Crippen molar-refractivity contribution in [1.29, 1.82) is 0 Å². The Labute approximate surface area is 285 Å². The van der Waals surface area contributed by atoms with E-state index in [4.69, 9.17) is 18.9 Å². The Bertz CT molecular complexity index is 1240. The number of aliphatic hydroxyl groups excluding tert-OH is 2. The van der Waals surface area contributed by atoms with Crippen LogP contribution < -0.4 is 14.8 Å². The molecule has 7 atom stereocenters. The van der Waals surface area contributed by atoms with Gasteiger partial charge in [-0.1, -0.05) is 27.2 Å². The van der Waals surface area contributed by atoms with Gasteiger partial charge in [0.1, 0.15) is 25.1 Å². The molecule has 2 aliphatic carbocycles. The molecule has 1 aromatic carbocycles. The van der Waals surface area contributed by atoms with Crippen LogP contribution in [0.1, 0.15) is 69.7 Å². The largest absolute Gasteiger partial charge is 0.493 e. The number of aliphatic hydroxyl groups is 2. The van der Waals surface area contributed by atoms with E-state index in [2.05, 4.69) is 26.1 Å². The minimum atomic E-state index is -1.22. The first-order chi connectivity index (χ1) is 22.1. The van der Waals surface area contributed by atoms with E-state index in [9.17, 15) is 24.6 Å². The summed E-state index contributed by atoms with van der Waals surface area (Å²) in [6.07, 6.45) is 4.59. The van der Waals surface area contributed by atoms with Crippen LogP contribution >= 0.6 is 22.6 Å². The second-order valence-corrected chi connectivity index (χ2v) is 14.2. The topological polar surface area (TPSA) is 144 Å². The molecule has 0 radical (unpaired) electrons. The summed E-state index contributed by atoms with van der Waals surface area (Å²) in [5.74, 6) is 1.21. The molecule has 12 heteroatoms. The van der Waals surface area contributed by atoms with Gasteiger partial charge in [-0.25, -0.2) is 0 Å². The summed E-state index contributed by atoms with van der Waals surface area (Å²) in [5.41, 5.74) is 0.718. The average molecular weight is 757 g/mol. The smallest absolute Gasteiger partial charge is 0.249 e. The van der Waals surface area contributed by atoms with Crippen molar-refractivity contribution >= 4 is 40.7 Å². The molecular weight excluding hydrogens is 707 g/mol. The molecule has 0 bridgehead atoms. The van der Waals surface area contributed by atoms with Gasteiger partial charge in [-0.2, -0.15) is 0 Å². The van der Waals surface area contributed by atoms with Crippen LogP contribution in [0.4, 0.5) is 0 Å². The monoisotopic (exact) mass is 756 g/mol. The maximum Gasteiger partial charge on any atom is 0.249 e. The lowest BCUT2D eigenvalue weighted by atomic mass is 9.75. The Hall–Kier alpha value is -2.26. The third kappa shape index (κ3) is 9.21. The Kier molecular flexibility index (Phi) is 13.7. The van der Waals surface area contributed by atoms with Crippen LogP contribution in [0.15, 0.2) is 23.8 Å². The van der Waals surface area contributed by atoms with Crippen molar-refractivity contribution in [1.82, 2.24) is 10.2 Å². The molecule has 2 amide bonds. The van der Waals surface area contributed by atoms with Gasteiger partial charge in [0.15, 0.2) is 11.5 Å². The number of rotatable bonds is 14. The second-order valence-electron chi connectivity index (χ2n) is 13.0. The molecule has 0 aromatic heterocycles. The van der Waals surface area contributed by atoms with Crippen molar-refractivity contribution < 1.29 is 43.5 Å². The molecule has 1 aliphatic heterocycles.